The van der Waals surface area contributed by atoms with Crippen molar-refractivity contribution in [3.05, 3.63) is 39.2 Å². The molecule has 1 amide bonds. The topological polar surface area (TPSA) is 120 Å². The normalized spacial score (nSPS) is 11.1. The lowest BCUT2D eigenvalue weighted by atomic mass is 10.3. The molecule has 10 nitrogen and oxygen atoms in total. The molecular weight excluding hydrogens is 309 g/mol. The summed E-state index contributed by atoms with van der Waals surface area (Å²) < 4.78 is 16.0. The van der Waals surface area contributed by atoms with Crippen molar-refractivity contribution < 1.29 is 14.1 Å². The van der Waals surface area contributed by atoms with Crippen molar-refractivity contribution >= 4 is 17.8 Å². The van der Waals surface area contributed by atoms with Crippen molar-refractivity contribution in [1.29, 1.82) is 0 Å². The molecule has 0 radical (unpaired) electrons. The third kappa shape index (κ3) is 3.07. The maximum atomic E-state index is 13.7. The van der Waals surface area contributed by atoms with E-state index in [4.69, 9.17) is 0 Å². The van der Waals surface area contributed by atoms with Crippen LogP contribution in [-0.2, 0) is 13.6 Å². The van der Waals surface area contributed by atoms with Gasteiger partial charge in [-0.25, -0.2) is 10.1 Å². The zero-order chi connectivity index (χ0) is 17.1. The molecule has 2 heterocycles. The minimum atomic E-state index is -0.861. The Morgan fingerprint density at radius 1 is 1.61 bits per heavy atom. The highest BCUT2D eigenvalue weighted by Crippen LogP contribution is 2.21. The maximum Gasteiger partial charge on any atom is 0.322 e. The average Bonchev–Trinajstić information content (AvgIpc) is 3.00. The number of hydrogen-bond acceptors (Lipinski definition) is 6. The van der Waals surface area contributed by atoms with Gasteiger partial charge in [-0.3, -0.25) is 19.6 Å². The highest BCUT2D eigenvalue weighted by atomic mass is 19.1. The molecule has 0 saturated carbocycles. The van der Waals surface area contributed by atoms with Gasteiger partial charge < -0.3 is 0 Å². The summed E-state index contributed by atoms with van der Waals surface area (Å²) in [5.41, 5.74) is 1.64. The number of aromatic nitrogens is 4. The third-order valence-electron chi connectivity index (χ3n) is 3.17. The van der Waals surface area contributed by atoms with Gasteiger partial charge in [0.2, 0.25) is 11.6 Å². The SMILES string of the molecule is CCn1ncc(/C=N\NC(=O)c2nn(C)c(C)c2[N+](=O)[O-])c1F. The lowest BCUT2D eigenvalue weighted by Gasteiger charge is -1.96. The lowest BCUT2D eigenvalue weighted by molar-refractivity contribution is -0.385. The van der Waals surface area contributed by atoms with Crippen molar-refractivity contribution in [1.82, 2.24) is 25.0 Å². The lowest BCUT2D eigenvalue weighted by Crippen LogP contribution is -2.19. The first-order valence-corrected chi connectivity index (χ1v) is 6.59. The Balaban J connectivity index is 2.17. The van der Waals surface area contributed by atoms with Gasteiger partial charge in [0.25, 0.3) is 5.91 Å². The van der Waals surface area contributed by atoms with Crippen LogP contribution in [0, 0.1) is 23.0 Å². The Kier molecular flexibility index (Phi) is 4.48. The van der Waals surface area contributed by atoms with E-state index in [0.29, 0.717) is 6.54 Å². The summed E-state index contributed by atoms with van der Waals surface area (Å²) >= 11 is 0. The van der Waals surface area contributed by atoms with Gasteiger partial charge in [0, 0.05) is 13.6 Å². The molecule has 122 valence electrons. The van der Waals surface area contributed by atoms with Crippen LogP contribution in [0.25, 0.3) is 0 Å². The van der Waals surface area contributed by atoms with Crippen molar-refractivity contribution in [2.75, 3.05) is 0 Å². The molecule has 1 N–H and O–H groups in total. The number of carbonyl (C=O) groups is 1. The van der Waals surface area contributed by atoms with Gasteiger partial charge in [0.15, 0.2) is 0 Å². The Morgan fingerprint density at radius 2 is 2.30 bits per heavy atom. The predicted octanol–water partition coefficient (Wildman–Crippen LogP) is 0.756. The van der Waals surface area contributed by atoms with Crippen LogP contribution >= 0.6 is 0 Å². The second kappa shape index (κ2) is 6.34. The Morgan fingerprint density at radius 3 is 2.87 bits per heavy atom. The first-order chi connectivity index (χ1) is 10.9. The van der Waals surface area contributed by atoms with Gasteiger partial charge in [-0.1, -0.05) is 0 Å². The largest absolute Gasteiger partial charge is 0.322 e. The number of hydrogen-bond donors (Lipinski definition) is 1. The predicted molar refractivity (Wildman–Crippen MR) is 77.5 cm³/mol. The van der Waals surface area contributed by atoms with E-state index in [1.54, 1.807) is 6.92 Å². The second-order valence-corrected chi connectivity index (χ2v) is 4.57. The van der Waals surface area contributed by atoms with E-state index in [-0.39, 0.29) is 17.0 Å². The summed E-state index contributed by atoms with van der Waals surface area (Å²) in [6.45, 7) is 3.55. The number of amides is 1. The smallest absolute Gasteiger partial charge is 0.265 e. The van der Waals surface area contributed by atoms with Crippen molar-refractivity contribution in [2.24, 2.45) is 12.1 Å². The summed E-state index contributed by atoms with van der Waals surface area (Å²) in [5.74, 6) is -1.45. The summed E-state index contributed by atoms with van der Waals surface area (Å²) in [6.07, 6.45) is 2.32. The van der Waals surface area contributed by atoms with Crippen molar-refractivity contribution in [3.8, 4) is 0 Å². The minimum Gasteiger partial charge on any atom is -0.265 e. The fourth-order valence-electron chi connectivity index (χ4n) is 1.87. The molecule has 0 aromatic carbocycles. The Bertz CT molecular complexity index is 793. The molecule has 0 saturated heterocycles. The minimum absolute atomic E-state index is 0.0823. The molecular formula is C12H14FN7O3. The molecule has 0 unspecified atom stereocenters. The zero-order valence-corrected chi connectivity index (χ0v) is 12.6. The van der Waals surface area contributed by atoms with Crippen molar-refractivity contribution in [3.63, 3.8) is 0 Å². The molecule has 0 aliphatic rings. The van der Waals surface area contributed by atoms with Crippen LogP contribution in [0.15, 0.2) is 11.3 Å². The number of nitrogens with one attached hydrogen (secondary N) is 1. The van der Waals surface area contributed by atoms with E-state index in [2.05, 4.69) is 20.7 Å². The average molecular weight is 323 g/mol. The Hall–Kier alpha value is -3.11. The Labute approximate surface area is 129 Å². The summed E-state index contributed by atoms with van der Waals surface area (Å²) in [7, 11) is 1.48. The summed E-state index contributed by atoms with van der Waals surface area (Å²) in [4.78, 5) is 22.3. The molecule has 0 aliphatic carbocycles. The van der Waals surface area contributed by atoms with E-state index in [1.165, 1.54) is 24.9 Å². The molecule has 11 heteroatoms. The number of halogens is 1. The summed E-state index contributed by atoms with van der Waals surface area (Å²) in [5, 5.41) is 22.2. The van der Waals surface area contributed by atoms with Crippen LogP contribution in [0.1, 0.15) is 28.7 Å². The van der Waals surface area contributed by atoms with E-state index in [9.17, 15) is 19.3 Å². The number of rotatable bonds is 5. The molecule has 23 heavy (non-hydrogen) atoms. The number of hydrazone groups is 1. The molecule has 0 aliphatic heterocycles. The molecule has 2 aromatic heterocycles. The van der Waals surface area contributed by atoms with Crippen LogP contribution in [0.2, 0.25) is 0 Å². The molecule has 0 spiro atoms. The number of nitro groups is 1. The quantitative estimate of drug-likeness (QED) is 0.494. The van der Waals surface area contributed by atoms with E-state index in [1.807, 2.05) is 0 Å². The van der Waals surface area contributed by atoms with Gasteiger partial charge in [-0.2, -0.15) is 19.7 Å². The van der Waals surface area contributed by atoms with E-state index < -0.39 is 22.5 Å². The fraction of sp³-hybridized carbons (Fsp3) is 0.333. The number of carbonyl (C=O) groups excluding carboxylic acids is 1. The van der Waals surface area contributed by atoms with Gasteiger partial charge in [-0.05, 0) is 13.8 Å². The third-order valence-corrected chi connectivity index (χ3v) is 3.17. The highest BCUT2D eigenvalue weighted by Gasteiger charge is 2.28. The molecule has 2 aromatic rings. The molecule has 0 atom stereocenters. The van der Waals surface area contributed by atoms with Crippen LogP contribution < -0.4 is 5.43 Å². The van der Waals surface area contributed by atoms with E-state index >= 15 is 0 Å². The van der Waals surface area contributed by atoms with Gasteiger partial charge in [-0.15, -0.1) is 0 Å². The van der Waals surface area contributed by atoms with Gasteiger partial charge >= 0.3 is 5.69 Å². The summed E-state index contributed by atoms with van der Waals surface area (Å²) in [6, 6.07) is 0. The number of nitrogens with zero attached hydrogens (tertiary/aromatic N) is 6. The van der Waals surface area contributed by atoms with Crippen molar-refractivity contribution in [2.45, 2.75) is 20.4 Å². The monoisotopic (exact) mass is 323 g/mol. The maximum absolute atomic E-state index is 13.7. The molecule has 0 fully saturated rings. The first-order valence-electron chi connectivity index (χ1n) is 6.59. The van der Waals surface area contributed by atoms with Crippen LogP contribution in [0.5, 0.6) is 0 Å². The van der Waals surface area contributed by atoms with E-state index in [0.717, 1.165) is 10.9 Å². The van der Waals surface area contributed by atoms with Gasteiger partial charge in [0.05, 0.1) is 22.9 Å². The molecule has 0 bridgehead atoms. The zero-order valence-electron chi connectivity index (χ0n) is 12.6. The second-order valence-electron chi connectivity index (χ2n) is 4.57. The molecule has 2 rings (SSSR count). The van der Waals surface area contributed by atoms with Gasteiger partial charge in [0.1, 0.15) is 5.69 Å². The number of aryl methyl sites for hydroxylation is 2. The van der Waals surface area contributed by atoms with Crippen LogP contribution in [0.3, 0.4) is 0 Å². The fourth-order valence-corrected chi connectivity index (χ4v) is 1.87. The highest BCUT2D eigenvalue weighted by molar-refractivity contribution is 5.97. The standard InChI is InChI=1S/C12H14FN7O3/c1-4-19-11(13)8(6-15-19)5-14-16-12(21)9-10(20(22)23)7(2)18(3)17-9/h5-6H,4H2,1-3H3,(H,16,21)/b14-5-. The van der Waals surface area contributed by atoms with Crippen LogP contribution in [0.4, 0.5) is 10.1 Å². The first kappa shape index (κ1) is 16.3. The van der Waals surface area contributed by atoms with Crippen LogP contribution in [-0.4, -0.2) is 36.6 Å².